The first-order valence-electron chi connectivity index (χ1n) is 7.92. The summed E-state index contributed by atoms with van der Waals surface area (Å²) in [5, 5.41) is 3.12. The first kappa shape index (κ1) is 18.1. The normalized spacial score (nSPS) is 16.8. The number of nitrogens with one attached hydrogen (secondary N) is 1. The standard InChI is InChI=1S/C16H22ClN5O2/c1-5-19-15-13(16(24)22(7-3)21(15)6-2)20-10-8-9(4)14(23)11(17)12(10)18/h8,19H,5-7,18H2,1-4H3/b20-10+. The van der Waals surface area contributed by atoms with E-state index in [1.165, 1.54) is 0 Å². The number of rotatable bonds is 5. The summed E-state index contributed by atoms with van der Waals surface area (Å²) in [6.45, 7) is 9.22. The molecule has 1 aromatic heterocycles. The van der Waals surface area contributed by atoms with Crippen LogP contribution in [0.4, 0.5) is 11.5 Å². The Morgan fingerprint density at radius 1 is 1.21 bits per heavy atom. The van der Waals surface area contributed by atoms with Crippen LogP contribution in [0.25, 0.3) is 0 Å². The topological polar surface area (TPSA) is 94.4 Å². The van der Waals surface area contributed by atoms with Crippen molar-refractivity contribution in [3.05, 3.63) is 32.7 Å². The van der Waals surface area contributed by atoms with Gasteiger partial charge in [-0.15, -0.1) is 0 Å². The molecule has 0 atom stereocenters. The van der Waals surface area contributed by atoms with E-state index in [2.05, 4.69) is 10.3 Å². The number of carbonyl (C=O) groups is 1. The van der Waals surface area contributed by atoms with Crippen molar-refractivity contribution < 1.29 is 4.79 Å². The van der Waals surface area contributed by atoms with Gasteiger partial charge in [0.25, 0.3) is 5.56 Å². The maximum absolute atomic E-state index is 12.7. The van der Waals surface area contributed by atoms with Gasteiger partial charge in [-0.2, -0.15) is 0 Å². The molecule has 0 spiro atoms. The van der Waals surface area contributed by atoms with Crippen molar-refractivity contribution in [2.75, 3.05) is 11.9 Å². The van der Waals surface area contributed by atoms with Gasteiger partial charge in [-0.05, 0) is 33.8 Å². The van der Waals surface area contributed by atoms with Crippen molar-refractivity contribution in [1.29, 1.82) is 0 Å². The summed E-state index contributed by atoms with van der Waals surface area (Å²) in [7, 11) is 0. The molecule has 0 saturated carbocycles. The molecule has 8 heteroatoms. The van der Waals surface area contributed by atoms with E-state index in [9.17, 15) is 9.59 Å². The van der Waals surface area contributed by atoms with E-state index in [4.69, 9.17) is 17.3 Å². The van der Waals surface area contributed by atoms with Gasteiger partial charge in [0, 0.05) is 25.2 Å². The highest BCUT2D eigenvalue weighted by molar-refractivity contribution is 6.49. The molecule has 0 saturated heterocycles. The second kappa shape index (κ2) is 7.09. The second-order valence-corrected chi connectivity index (χ2v) is 5.72. The van der Waals surface area contributed by atoms with Gasteiger partial charge in [-0.25, -0.2) is 9.67 Å². The van der Waals surface area contributed by atoms with Gasteiger partial charge >= 0.3 is 0 Å². The zero-order chi connectivity index (χ0) is 18.0. The number of anilines is 1. The smallest absolute Gasteiger partial charge is 0.294 e. The molecule has 0 aliphatic heterocycles. The molecule has 2 rings (SSSR count). The van der Waals surface area contributed by atoms with Crippen LogP contribution in [0.3, 0.4) is 0 Å². The molecule has 0 fully saturated rings. The summed E-state index contributed by atoms with van der Waals surface area (Å²) in [6, 6.07) is 0. The zero-order valence-corrected chi connectivity index (χ0v) is 15.1. The third kappa shape index (κ3) is 2.91. The number of Topliss-reactive ketones (excluding diaryl/α,β-unsaturated/α-hetero) is 1. The Morgan fingerprint density at radius 2 is 1.83 bits per heavy atom. The maximum atomic E-state index is 12.7. The maximum Gasteiger partial charge on any atom is 0.294 e. The van der Waals surface area contributed by atoms with Gasteiger partial charge in [0.1, 0.15) is 5.03 Å². The van der Waals surface area contributed by atoms with Gasteiger partial charge < -0.3 is 11.1 Å². The minimum absolute atomic E-state index is 0.0653. The van der Waals surface area contributed by atoms with Crippen LogP contribution in [0.2, 0.25) is 0 Å². The van der Waals surface area contributed by atoms with Crippen molar-refractivity contribution in [3.63, 3.8) is 0 Å². The molecule has 7 nitrogen and oxygen atoms in total. The van der Waals surface area contributed by atoms with Crippen molar-refractivity contribution >= 4 is 34.6 Å². The fourth-order valence-electron chi connectivity index (χ4n) is 2.63. The summed E-state index contributed by atoms with van der Waals surface area (Å²) in [5.74, 6) is 0.309. The molecule has 0 aromatic carbocycles. The predicted molar refractivity (Wildman–Crippen MR) is 97.1 cm³/mol. The summed E-state index contributed by atoms with van der Waals surface area (Å²) in [6.07, 6.45) is 1.55. The Morgan fingerprint density at radius 3 is 2.38 bits per heavy atom. The number of aliphatic imine (C=N–C) groups is 1. The molecular formula is C16H22ClN5O2. The summed E-state index contributed by atoms with van der Waals surface area (Å²) in [4.78, 5) is 29.0. The number of ketones is 1. The van der Waals surface area contributed by atoms with Gasteiger partial charge in [-0.3, -0.25) is 14.3 Å². The monoisotopic (exact) mass is 351 g/mol. The van der Waals surface area contributed by atoms with E-state index in [0.717, 1.165) is 0 Å². The zero-order valence-electron chi connectivity index (χ0n) is 14.3. The Kier molecular flexibility index (Phi) is 5.33. The summed E-state index contributed by atoms with van der Waals surface area (Å²) < 4.78 is 3.46. The highest BCUT2D eigenvalue weighted by Crippen LogP contribution is 2.26. The number of nitrogens with two attached hydrogens (primary N) is 1. The molecule has 0 radical (unpaired) electrons. The average Bonchev–Trinajstić information content (AvgIpc) is 2.82. The van der Waals surface area contributed by atoms with E-state index in [1.54, 1.807) is 17.7 Å². The second-order valence-electron chi connectivity index (χ2n) is 5.35. The van der Waals surface area contributed by atoms with Crippen LogP contribution in [-0.4, -0.2) is 27.4 Å². The number of nitrogens with zero attached hydrogens (tertiary/aromatic N) is 3. The lowest BCUT2D eigenvalue weighted by molar-refractivity contribution is -0.111. The van der Waals surface area contributed by atoms with Gasteiger partial charge in [0.05, 0.1) is 11.4 Å². The average molecular weight is 352 g/mol. The van der Waals surface area contributed by atoms with Crippen LogP contribution in [0.5, 0.6) is 0 Å². The molecular weight excluding hydrogens is 330 g/mol. The van der Waals surface area contributed by atoms with Crippen LogP contribution in [0.1, 0.15) is 27.7 Å². The van der Waals surface area contributed by atoms with E-state index in [0.29, 0.717) is 36.7 Å². The largest absolute Gasteiger partial charge is 0.396 e. The van der Waals surface area contributed by atoms with Crippen molar-refractivity contribution in [3.8, 4) is 0 Å². The van der Waals surface area contributed by atoms with Crippen molar-refractivity contribution in [1.82, 2.24) is 9.36 Å². The quantitative estimate of drug-likeness (QED) is 0.794. The highest BCUT2D eigenvalue weighted by atomic mass is 35.5. The van der Waals surface area contributed by atoms with Gasteiger partial charge in [0.2, 0.25) is 5.78 Å². The van der Waals surface area contributed by atoms with Gasteiger partial charge in [-0.1, -0.05) is 11.6 Å². The van der Waals surface area contributed by atoms with E-state index in [-0.39, 0.29) is 27.8 Å². The summed E-state index contributed by atoms with van der Waals surface area (Å²) in [5.41, 5.74) is 6.82. The highest BCUT2D eigenvalue weighted by Gasteiger charge is 2.24. The van der Waals surface area contributed by atoms with Crippen LogP contribution >= 0.6 is 11.6 Å². The minimum Gasteiger partial charge on any atom is -0.396 e. The molecule has 1 aliphatic rings. The van der Waals surface area contributed by atoms with Crippen LogP contribution in [-0.2, 0) is 17.9 Å². The molecule has 1 aliphatic carbocycles. The molecule has 24 heavy (non-hydrogen) atoms. The fourth-order valence-corrected chi connectivity index (χ4v) is 2.88. The lowest BCUT2D eigenvalue weighted by Gasteiger charge is -2.13. The lowest BCUT2D eigenvalue weighted by atomic mass is 10.0. The van der Waals surface area contributed by atoms with Crippen LogP contribution in [0, 0.1) is 0 Å². The number of allylic oxidation sites excluding steroid dienone is 3. The molecule has 0 amide bonds. The molecule has 1 heterocycles. The van der Waals surface area contributed by atoms with Gasteiger partial charge in [0.15, 0.2) is 11.5 Å². The Hall–Kier alpha value is -2.28. The van der Waals surface area contributed by atoms with Crippen molar-refractivity contribution in [2.45, 2.75) is 40.8 Å². The minimum atomic E-state index is -0.322. The number of hydrogen-bond donors (Lipinski definition) is 2. The molecule has 3 N–H and O–H groups in total. The first-order valence-corrected chi connectivity index (χ1v) is 8.29. The number of hydrogen-bond acceptors (Lipinski definition) is 5. The fraction of sp³-hybridized carbons (Fsp3) is 0.438. The van der Waals surface area contributed by atoms with Crippen LogP contribution < -0.4 is 16.6 Å². The Balaban J connectivity index is 2.71. The third-order valence-corrected chi connectivity index (χ3v) is 4.18. The number of halogens is 1. The van der Waals surface area contributed by atoms with E-state index >= 15 is 0 Å². The Labute approximate surface area is 145 Å². The van der Waals surface area contributed by atoms with E-state index < -0.39 is 0 Å². The Bertz CT molecular complexity index is 826. The third-order valence-electron chi connectivity index (χ3n) is 3.81. The molecule has 1 aromatic rings. The SMILES string of the molecule is CCNc1c(/N=C2\C=C(C)C(=O)C(Cl)=C2N)c(=O)n(CC)n1CC. The lowest BCUT2D eigenvalue weighted by Crippen LogP contribution is -2.23. The predicted octanol–water partition coefficient (Wildman–Crippen LogP) is 2.13. The molecule has 130 valence electrons. The number of aromatic nitrogens is 2. The molecule has 0 bridgehead atoms. The molecule has 0 unspecified atom stereocenters. The number of carbonyl (C=O) groups excluding carboxylic acids is 1. The van der Waals surface area contributed by atoms with Crippen molar-refractivity contribution in [2.24, 2.45) is 10.7 Å². The van der Waals surface area contributed by atoms with E-state index in [1.807, 2.05) is 25.5 Å². The first-order chi connectivity index (χ1) is 11.4. The van der Waals surface area contributed by atoms with Crippen LogP contribution in [0.15, 0.2) is 32.2 Å². The summed E-state index contributed by atoms with van der Waals surface area (Å²) >= 11 is 5.98.